The van der Waals surface area contributed by atoms with Crippen molar-refractivity contribution in [3.05, 3.63) is 29.8 Å². The third-order valence-corrected chi connectivity index (χ3v) is 2.96. The molecule has 1 aliphatic rings. The monoisotopic (exact) mass is 264 g/mol. The van der Waals surface area contributed by atoms with Gasteiger partial charge in [0.05, 0.1) is 5.92 Å². The van der Waals surface area contributed by atoms with Gasteiger partial charge in [0.15, 0.2) is 6.10 Å². The minimum absolute atomic E-state index is 0.157. The van der Waals surface area contributed by atoms with E-state index in [0.717, 1.165) is 5.56 Å². The van der Waals surface area contributed by atoms with Crippen molar-refractivity contribution >= 4 is 12.3 Å². The molecule has 2 atom stereocenters. The van der Waals surface area contributed by atoms with Crippen LogP contribution in [-0.4, -0.2) is 29.3 Å². The second-order valence-corrected chi connectivity index (χ2v) is 5.03. The molecule has 1 heterocycles. The molecule has 0 unspecified atom stereocenters. The SMILES string of the molecule is CC1(C)OC(=O)[C@H]([C@H](C=O)Cc2ccc(O)cc2)O1. The maximum Gasteiger partial charge on any atom is 0.338 e. The highest BCUT2D eigenvalue weighted by Crippen LogP contribution is 2.29. The topological polar surface area (TPSA) is 72.8 Å². The number of benzene rings is 1. The first-order valence-electron chi connectivity index (χ1n) is 6.05. The molecule has 1 aromatic carbocycles. The van der Waals surface area contributed by atoms with Crippen molar-refractivity contribution in [2.75, 3.05) is 0 Å². The lowest BCUT2D eigenvalue weighted by Gasteiger charge is -2.18. The number of hydrogen-bond donors (Lipinski definition) is 1. The molecule has 0 amide bonds. The van der Waals surface area contributed by atoms with Crippen molar-refractivity contribution in [2.24, 2.45) is 5.92 Å². The van der Waals surface area contributed by atoms with Crippen LogP contribution < -0.4 is 0 Å². The van der Waals surface area contributed by atoms with Crippen molar-refractivity contribution in [3.8, 4) is 5.75 Å². The molecule has 1 saturated heterocycles. The van der Waals surface area contributed by atoms with Crippen LogP contribution in [0.4, 0.5) is 0 Å². The van der Waals surface area contributed by atoms with Gasteiger partial charge in [0.1, 0.15) is 12.0 Å². The molecule has 1 aliphatic heterocycles. The minimum Gasteiger partial charge on any atom is -0.508 e. The highest BCUT2D eigenvalue weighted by molar-refractivity contribution is 5.80. The molecule has 2 rings (SSSR count). The van der Waals surface area contributed by atoms with Crippen molar-refractivity contribution in [1.82, 2.24) is 0 Å². The van der Waals surface area contributed by atoms with Gasteiger partial charge < -0.3 is 19.4 Å². The fraction of sp³-hybridized carbons (Fsp3) is 0.429. The molecule has 1 N–H and O–H groups in total. The summed E-state index contributed by atoms with van der Waals surface area (Å²) < 4.78 is 10.5. The second-order valence-electron chi connectivity index (χ2n) is 5.03. The predicted molar refractivity (Wildman–Crippen MR) is 66.4 cm³/mol. The van der Waals surface area contributed by atoms with Crippen LogP contribution in [0.1, 0.15) is 19.4 Å². The van der Waals surface area contributed by atoms with Crippen molar-refractivity contribution in [1.29, 1.82) is 0 Å². The summed E-state index contributed by atoms with van der Waals surface area (Å²) in [5.41, 5.74) is 0.844. The molecule has 19 heavy (non-hydrogen) atoms. The number of carbonyl (C=O) groups excluding carboxylic acids is 2. The summed E-state index contributed by atoms with van der Waals surface area (Å²) in [6, 6.07) is 6.48. The van der Waals surface area contributed by atoms with Crippen LogP contribution in [0.15, 0.2) is 24.3 Å². The number of cyclic esters (lactones) is 1. The quantitative estimate of drug-likeness (QED) is 0.658. The van der Waals surface area contributed by atoms with Crippen molar-refractivity contribution < 1.29 is 24.2 Å². The summed E-state index contributed by atoms with van der Waals surface area (Å²) in [5.74, 6) is -1.94. The third-order valence-electron chi connectivity index (χ3n) is 2.96. The number of phenols is 1. The zero-order valence-electron chi connectivity index (χ0n) is 10.8. The Morgan fingerprint density at radius 2 is 2.00 bits per heavy atom. The first-order chi connectivity index (χ1) is 8.91. The zero-order valence-corrected chi connectivity index (χ0v) is 10.8. The van der Waals surface area contributed by atoms with Gasteiger partial charge in [-0.2, -0.15) is 0 Å². The van der Waals surface area contributed by atoms with Crippen molar-refractivity contribution in [3.63, 3.8) is 0 Å². The zero-order chi connectivity index (χ0) is 14.0. The molecule has 0 aromatic heterocycles. The summed E-state index contributed by atoms with van der Waals surface area (Å²) in [7, 11) is 0. The van der Waals surface area contributed by atoms with Gasteiger partial charge in [-0.25, -0.2) is 4.79 Å². The fourth-order valence-corrected chi connectivity index (χ4v) is 2.07. The van der Waals surface area contributed by atoms with E-state index in [9.17, 15) is 14.7 Å². The van der Waals surface area contributed by atoms with Gasteiger partial charge in [-0.05, 0) is 24.1 Å². The van der Waals surface area contributed by atoms with Crippen LogP contribution >= 0.6 is 0 Å². The van der Waals surface area contributed by atoms with E-state index in [1.54, 1.807) is 26.0 Å². The van der Waals surface area contributed by atoms with Crippen LogP contribution in [-0.2, 0) is 25.5 Å². The average molecular weight is 264 g/mol. The number of ether oxygens (including phenoxy) is 2. The molecule has 1 fully saturated rings. The van der Waals surface area contributed by atoms with Crippen LogP contribution in [0.5, 0.6) is 5.75 Å². The molecule has 0 saturated carbocycles. The number of carbonyl (C=O) groups is 2. The fourth-order valence-electron chi connectivity index (χ4n) is 2.07. The van der Waals surface area contributed by atoms with Gasteiger partial charge in [-0.1, -0.05) is 12.1 Å². The number of esters is 1. The Morgan fingerprint density at radius 3 is 2.47 bits per heavy atom. The molecule has 0 bridgehead atoms. The Hall–Kier alpha value is -1.88. The van der Waals surface area contributed by atoms with E-state index in [4.69, 9.17) is 9.47 Å². The van der Waals surface area contributed by atoms with E-state index < -0.39 is 23.8 Å². The number of aromatic hydroxyl groups is 1. The molecule has 102 valence electrons. The van der Waals surface area contributed by atoms with E-state index in [-0.39, 0.29) is 5.75 Å². The lowest BCUT2D eigenvalue weighted by Crippen LogP contribution is -2.31. The van der Waals surface area contributed by atoms with E-state index in [1.165, 1.54) is 12.1 Å². The average Bonchev–Trinajstić information content (AvgIpc) is 2.62. The molecule has 5 heteroatoms. The summed E-state index contributed by atoms with van der Waals surface area (Å²) in [5, 5.41) is 9.20. The number of hydrogen-bond acceptors (Lipinski definition) is 5. The molecular weight excluding hydrogens is 248 g/mol. The van der Waals surface area contributed by atoms with Gasteiger partial charge >= 0.3 is 5.97 Å². The maximum atomic E-state index is 11.7. The van der Waals surface area contributed by atoms with Crippen molar-refractivity contribution in [2.45, 2.75) is 32.2 Å². The summed E-state index contributed by atoms with van der Waals surface area (Å²) in [6.07, 6.45) is 0.195. The van der Waals surface area contributed by atoms with Crippen LogP contribution in [0, 0.1) is 5.92 Å². The van der Waals surface area contributed by atoms with Gasteiger partial charge in [0.25, 0.3) is 0 Å². The largest absolute Gasteiger partial charge is 0.508 e. The number of phenolic OH excluding ortho intramolecular Hbond substituents is 1. The number of aldehydes is 1. The summed E-state index contributed by atoms with van der Waals surface area (Å²) >= 11 is 0. The molecule has 0 spiro atoms. The van der Waals surface area contributed by atoms with E-state index in [1.807, 2.05) is 0 Å². The lowest BCUT2D eigenvalue weighted by atomic mass is 9.95. The molecule has 5 nitrogen and oxygen atoms in total. The van der Waals surface area contributed by atoms with Gasteiger partial charge in [0, 0.05) is 13.8 Å². The number of rotatable bonds is 4. The molecular formula is C14H16O5. The molecule has 0 aliphatic carbocycles. The maximum absolute atomic E-state index is 11.7. The second kappa shape index (κ2) is 5.01. The Bertz CT molecular complexity index is 477. The lowest BCUT2D eigenvalue weighted by molar-refractivity contribution is -0.161. The Kier molecular flexibility index (Phi) is 3.57. The third kappa shape index (κ3) is 3.12. The smallest absolute Gasteiger partial charge is 0.338 e. The van der Waals surface area contributed by atoms with Crippen LogP contribution in [0.3, 0.4) is 0 Å². The predicted octanol–water partition coefficient (Wildman–Crippen LogP) is 1.43. The molecule has 1 aromatic rings. The standard InChI is InChI=1S/C14H16O5/c1-14(2)18-12(13(17)19-14)10(8-15)7-9-3-5-11(16)6-4-9/h3-6,8,10,12,16H,7H2,1-2H3/t10-,12-/m0/s1. The highest BCUT2D eigenvalue weighted by Gasteiger charge is 2.45. The highest BCUT2D eigenvalue weighted by atomic mass is 16.8. The molecule has 0 radical (unpaired) electrons. The van der Waals surface area contributed by atoms with E-state index in [0.29, 0.717) is 12.7 Å². The Labute approximate surface area is 111 Å². The Morgan fingerprint density at radius 1 is 1.37 bits per heavy atom. The normalized spacial score (nSPS) is 22.8. The van der Waals surface area contributed by atoms with E-state index >= 15 is 0 Å². The van der Waals surface area contributed by atoms with Gasteiger partial charge in [-0.3, -0.25) is 0 Å². The minimum atomic E-state index is -0.988. The van der Waals surface area contributed by atoms with Gasteiger partial charge in [0.2, 0.25) is 5.79 Å². The summed E-state index contributed by atoms with van der Waals surface area (Å²) in [6.45, 7) is 3.26. The van der Waals surface area contributed by atoms with Gasteiger partial charge in [-0.15, -0.1) is 0 Å². The Balaban J connectivity index is 2.11. The first kappa shape index (κ1) is 13.5. The van der Waals surface area contributed by atoms with E-state index in [2.05, 4.69) is 0 Å². The first-order valence-corrected chi connectivity index (χ1v) is 6.05. The van der Waals surface area contributed by atoms with Crippen LogP contribution in [0.2, 0.25) is 0 Å². The van der Waals surface area contributed by atoms with Crippen LogP contribution in [0.25, 0.3) is 0 Å². The summed E-state index contributed by atoms with van der Waals surface area (Å²) in [4.78, 5) is 22.9.